The van der Waals surface area contributed by atoms with Gasteiger partial charge in [0.1, 0.15) is 24.4 Å². The highest BCUT2D eigenvalue weighted by Crippen LogP contribution is 2.22. The van der Waals surface area contributed by atoms with Crippen LogP contribution in [0.3, 0.4) is 0 Å². The van der Waals surface area contributed by atoms with Gasteiger partial charge in [-0.05, 0) is 19.3 Å². The third-order valence-corrected chi connectivity index (χ3v) is 9.36. The van der Waals surface area contributed by atoms with Gasteiger partial charge in [-0.25, -0.2) is 0 Å². The van der Waals surface area contributed by atoms with E-state index in [9.17, 15) is 30.3 Å². The highest BCUT2D eigenvalue weighted by Gasteiger charge is 2.44. The van der Waals surface area contributed by atoms with Gasteiger partial charge in [0.25, 0.3) is 0 Å². The van der Waals surface area contributed by atoms with Crippen molar-refractivity contribution in [2.75, 3.05) is 13.2 Å². The molecule has 0 spiro atoms. The maximum absolute atomic E-state index is 12.8. The van der Waals surface area contributed by atoms with Crippen LogP contribution in [-0.4, -0.2) is 87.5 Å². The monoisotopic (exact) mass is 672 g/mol. The van der Waals surface area contributed by atoms with Gasteiger partial charge >= 0.3 is 0 Å². The quantitative estimate of drug-likeness (QED) is 0.0357. The van der Waals surface area contributed by atoms with Crippen LogP contribution in [0.2, 0.25) is 0 Å². The lowest BCUT2D eigenvalue weighted by atomic mass is 9.99. The first-order valence-corrected chi connectivity index (χ1v) is 19.4. The molecule has 1 heterocycles. The number of aliphatic hydroxyl groups is 5. The fourth-order valence-electron chi connectivity index (χ4n) is 6.15. The lowest BCUT2D eigenvalue weighted by molar-refractivity contribution is -0.302. The first-order valence-electron chi connectivity index (χ1n) is 19.4. The Hall–Kier alpha value is -1.07. The van der Waals surface area contributed by atoms with Gasteiger partial charge in [0, 0.05) is 6.42 Å². The minimum atomic E-state index is -1.56. The molecule has 1 fully saturated rings. The van der Waals surface area contributed by atoms with E-state index in [1.54, 1.807) is 6.08 Å². The molecule has 0 radical (unpaired) electrons. The number of carbonyl (C=O) groups excluding carboxylic acids is 1. The number of hydrogen-bond acceptors (Lipinski definition) is 8. The number of aliphatic hydroxyl groups excluding tert-OH is 5. The van der Waals surface area contributed by atoms with Gasteiger partial charge < -0.3 is 40.3 Å². The molecule has 1 rings (SSSR count). The average Bonchev–Trinajstić information content (AvgIpc) is 3.07. The van der Waals surface area contributed by atoms with Crippen molar-refractivity contribution in [2.24, 2.45) is 0 Å². The van der Waals surface area contributed by atoms with E-state index < -0.39 is 49.5 Å². The van der Waals surface area contributed by atoms with Crippen LogP contribution < -0.4 is 5.32 Å². The van der Waals surface area contributed by atoms with Gasteiger partial charge in [-0.3, -0.25) is 4.79 Å². The third kappa shape index (κ3) is 21.6. The number of amides is 1. The zero-order valence-corrected chi connectivity index (χ0v) is 30.0. The van der Waals surface area contributed by atoms with Crippen molar-refractivity contribution in [3.05, 3.63) is 12.2 Å². The van der Waals surface area contributed by atoms with Gasteiger partial charge in [0.2, 0.25) is 5.91 Å². The van der Waals surface area contributed by atoms with Crippen LogP contribution in [0.5, 0.6) is 0 Å². The van der Waals surface area contributed by atoms with Crippen molar-refractivity contribution in [2.45, 2.75) is 211 Å². The maximum Gasteiger partial charge on any atom is 0.220 e. The Morgan fingerprint density at radius 2 is 1.17 bits per heavy atom. The predicted octanol–water partition coefficient (Wildman–Crippen LogP) is 6.61. The largest absolute Gasteiger partial charge is 0.394 e. The molecule has 47 heavy (non-hydrogen) atoms. The summed E-state index contributed by atoms with van der Waals surface area (Å²) in [5, 5.41) is 53.8. The molecular weight excluding hydrogens is 598 g/mol. The molecule has 1 aliphatic rings. The van der Waals surface area contributed by atoms with Crippen molar-refractivity contribution in [3.63, 3.8) is 0 Å². The van der Waals surface area contributed by atoms with E-state index in [1.165, 1.54) is 109 Å². The fraction of sp³-hybridized carbons (Fsp3) is 0.921. The molecule has 7 atom stereocenters. The number of unbranched alkanes of at least 4 members (excludes halogenated alkanes) is 21. The minimum Gasteiger partial charge on any atom is -0.394 e. The van der Waals surface area contributed by atoms with Gasteiger partial charge in [0.15, 0.2) is 6.29 Å². The smallest absolute Gasteiger partial charge is 0.220 e. The molecule has 0 aliphatic carbocycles. The lowest BCUT2D eigenvalue weighted by Crippen LogP contribution is -2.60. The Morgan fingerprint density at radius 3 is 1.66 bits per heavy atom. The molecule has 1 saturated heterocycles. The number of hydrogen-bond donors (Lipinski definition) is 6. The van der Waals surface area contributed by atoms with E-state index in [0.717, 1.165) is 38.5 Å². The molecule has 278 valence electrons. The average molecular weight is 672 g/mol. The SMILES string of the molecule is CCCCCCCCCCC/C=C/[C@@H](O)[C@H](COC1O[C@H](CO)[C@H](O)[C@@H](O)[C@H]1O)NC(=O)CCCCCCCCCCCCCCC. The fourth-order valence-corrected chi connectivity index (χ4v) is 6.15. The number of carbonyl (C=O) groups is 1. The van der Waals surface area contributed by atoms with E-state index in [1.807, 2.05) is 6.08 Å². The van der Waals surface area contributed by atoms with E-state index in [2.05, 4.69) is 19.2 Å². The summed E-state index contributed by atoms with van der Waals surface area (Å²) in [5.74, 6) is -0.179. The Labute approximate surface area is 286 Å². The van der Waals surface area contributed by atoms with E-state index in [4.69, 9.17) is 9.47 Å². The molecule has 9 heteroatoms. The number of nitrogens with one attached hydrogen (secondary N) is 1. The van der Waals surface area contributed by atoms with E-state index in [-0.39, 0.29) is 12.5 Å². The number of allylic oxidation sites excluding steroid dienone is 1. The summed E-state index contributed by atoms with van der Waals surface area (Å²) in [5.41, 5.74) is 0. The topological polar surface area (TPSA) is 149 Å². The van der Waals surface area contributed by atoms with Crippen molar-refractivity contribution >= 4 is 5.91 Å². The summed E-state index contributed by atoms with van der Waals surface area (Å²) in [7, 11) is 0. The van der Waals surface area contributed by atoms with Gasteiger partial charge in [-0.2, -0.15) is 0 Å². The first-order chi connectivity index (χ1) is 22.8. The van der Waals surface area contributed by atoms with Crippen molar-refractivity contribution in [1.82, 2.24) is 5.32 Å². The number of ether oxygens (including phenoxy) is 2. The molecule has 1 unspecified atom stereocenters. The van der Waals surface area contributed by atoms with Crippen molar-refractivity contribution < 1.29 is 39.8 Å². The van der Waals surface area contributed by atoms with Crippen LogP contribution in [0.1, 0.15) is 168 Å². The molecule has 0 aromatic carbocycles. The zero-order chi connectivity index (χ0) is 34.5. The normalized spacial score (nSPS) is 22.9. The Bertz CT molecular complexity index is 751. The van der Waals surface area contributed by atoms with Crippen LogP contribution in [0.4, 0.5) is 0 Å². The highest BCUT2D eigenvalue weighted by molar-refractivity contribution is 5.76. The van der Waals surface area contributed by atoms with Crippen LogP contribution in [-0.2, 0) is 14.3 Å². The highest BCUT2D eigenvalue weighted by atomic mass is 16.7. The van der Waals surface area contributed by atoms with Gasteiger partial charge in [-0.1, -0.05) is 154 Å². The molecule has 1 aliphatic heterocycles. The molecular formula is C38H73NO8. The van der Waals surface area contributed by atoms with Gasteiger partial charge in [0.05, 0.1) is 25.4 Å². The van der Waals surface area contributed by atoms with Crippen LogP contribution in [0, 0.1) is 0 Å². The van der Waals surface area contributed by atoms with Crippen molar-refractivity contribution in [1.29, 1.82) is 0 Å². The zero-order valence-electron chi connectivity index (χ0n) is 30.0. The Morgan fingerprint density at radius 1 is 0.702 bits per heavy atom. The van der Waals surface area contributed by atoms with Crippen LogP contribution >= 0.6 is 0 Å². The van der Waals surface area contributed by atoms with E-state index in [0.29, 0.717) is 6.42 Å². The van der Waals surface area contributed by atoms with E-state index >= 15 is 0 Å². The van der Waals surface area contributed by atoms with Gasteiger partial charge in [-0.15, -0.1) is 0 Å². The second-order valence-corrected chi connectivity index (χ2v) is 13.7. The van der Waals surface area contributed by atoms with Crippen molar-refractivity contribution in [3.8, 4) is 0 Å². The molecule has 1 amide bonds. The standard InChI is InChI=1S/C38H73NO8/c1-3-5-7-9-11-13-15-16-18-20-22-24-26-28-34(42)39-31(30-46-38-37(45)36(44)35(43)33(29-40)47-38)32(41)27-25-23-21-19-17-14-12-10-8-6-4-2/h25,27,31-33,35-38,40-41,43-45H,3-24,26,28-30H2,1-2H3,(H,39,42)/b27-25+/t31-,32+,33+,35-,36+,37+,38?/m0/s1. The summed E-state index contributed by atoms with van der Waals surface area (Å²) in [6.07, 6.45) is 23.9. The second kappa shape index (κ2) is 29.8. The molecule has 0 bridgehead atoms. The van der Waals surface area contributed by atoms with Crippen LogP contribution in [0.15, 0.2) is 12.2 Å². The summed E-state index contributed by atoms with van der Waals surface area (Å²) in [6, 6.07) is -0.795. The molecule has 0 aromatic heterocycles. The summed E-state index contributed by atoms with van der Waals surface area (Å²) in [6.45, 7) is 3.73. The Balaban J connectivity index is 2.45. The maximum atomic E-state index is 12.8. The minimum absolute atomic E-state index is 0.179. The molecule has 9 nitrogen and oxygen atoms in total. The molecule has 6 N–H and O–H groups in total. The third-order valence-electron chi connectivity index (χ3n) is 9.36. The number of rotatable bonds is 31. The Kier molecular flexibility index (Phi) is 27.9. The summed E-state index contributed by atoms with van der Waals surface area (Å²) >= 11 is 0. The molecule has 0 aromatic rings. The second-order valence-electron chi connectivity index (χ2n) is 13.7. The summed E-state index contributed by atoms with van der Waals surface area (Å²) < 4.78 is 11.1. The first kappa shape index (κ1) is 44.0. The van der Waals surface area contributed by atoms with Crippen LogP contribution in [0.25, 0.3) is 0 Å². The predicted molar refractivity (Wildman–Crippen MR) is 189 cm³/mol. The lowest BCUT2D eigenvalue weighted by Gasteiger charge is -2.40. The summed E-state index contributed by atoms with van der Waals surface area (Å²) in [4.78, 5) is 12.8. The molecule has 0 saturated carbocycles.